The van der Waals surface area contributed by atoms with E-state index in [0.29, 0.717) is 0 Å². The summed E-state index contributed by atoms with van der Waals surface area (Å²) in [6.07, 6.45) is 2.83. The van der Waals surface area contributed by atoms with Gasteiger partial charge in [-0.15, -0.1) is 11.3 Å². The van der Waals surface area contributed by atoms with Crippen molar-refractivity contribution in [1.29, 1.82) is 0 Å². The number of thiazole rings is 1. The van der Waals surface area contributed by atoms with Gasteiger partial charge in [0.05, 0.1) is 10.7 Å². The molecule has 1 unspecified atom stereocenters. The highest BCUT2D eigenvalue weighted by Gasteiger charge is 2.18. The van der Waals surface area contributed by atoms with Crippen molar-refractivity contribution in [1.82, 2.24) is 4.98 Å². The van der Waals surface area contributed by atoms with Gasteiger partial charge in [0.2, 0.25) is 0 Å². The van der Waals surface area contributed by atoms with Crippen LogP contribution in [0.3, 0.4) is 0 Å². The Morgan fingerprint density at radius 3 is 2.67 bits per heavy atom. The highest BCUT2D eigenvalue weighted by molar-refractivity contribution is 7.09. The molecule has 18 heavy (non-hydrogen) atoms. The van der Waals surface area contributed by atoms with Crippen LogP contribution in [0.25, 0.3) is 0 Å². The number of nitrogens with two attached hydrogens (primary N) is 1. The number of hydrogen-bond acceptors (Lipinski definition) is 4. The van der Waals surface area contributed by atoms with Gasteiger partial charge in [0.25, 0.3) is 0 Å². The van der Waals surface area contributed by atoms with Crippen molar-refractivity contribution in [2.45, 2.75) is 58.4 Å². The van der Waals surface area contributed by atoms with Crippen LogP contribution in [0, 0.1) is 0 Å². The lowest BCUT2D eigenvalue weighted by atomic mass is 9.93. The molecule has 0 saturated carbocycles. The molecule has 1 aromatic heterocycles. The summed E-state index contributed by atoms with van der Waals surface area (Å²) < 4.78 is 5.45. The minimum atomic E-state index is 0.128. The quantitative estimate of drug-likeness (QED) is 0.774. The largest absolute Gasteiger partial charge is 0.381 e. The van der Waals surface area contributed by atoms with Crippen LogP contribution in [0.5, 0.6) is 0 Å². The van der Waals surface area contributed by atoms with Crippen molar-refractivity contribution in [3.05, 3.63) is 16.1 Å². The molecule has 0 saturated heterocycles. The number of hydrogen-bond donors (Lipinski definition) is 1. The molecule has 1 aromatic rings. The van der Waals surface area contributed by atoms with Crippen LogP contribution < -0.4 is 5.73 Å². The zero-order chi connectivity index (χ0) is 13.6. The van der Waals surface area contributed by atoms with Crippen LogP contribution >= 0.6 is 11.3 Å². The van der Waals surface area contributed by atoms with Crippen molar-refractivity contribution in [2.24, 2.45) is 5.73 Å². The molecule has 0 fully saturated rings. The molecule has 4 heteroatoms. The van der Waals surface area contributed by atoms with E-state index >= 15 is 0 Å². The number of aromatic nitrogens is 1. The average Bonchev–Trinajstić information content (AvgIpc) is 2.72. The van der Waals surface area contributed by atoms with Crippen molar-refractivity contribution < 1.29 is 4.74 Å². The van der Waals surface area contributed by atoms with Crippen molar-refractivity contribution >= 4 is 11.3 Å². The summed E-state index contributed by atoms with van der Waals surface area (Å²) in [6.45, 7) is 10.3. The third-order valence-corrected chi connectivity index (χ3v) is 3.61. The number of ether oxygens (including phenoxy) is 1. The summed E-state index contributed by atoms with van der Waals surface area (Å²) in [5.74, 6) is 0. The Bertz CT molecular complexity index is 344. The standard InChI is InChI=1S/C14H26N2OS/c1-5-7-17-8-6-11(15)9-13-16-12(10-18-13)14(2,3)4/h10-11H,5-9,15H2,1-4H3. The van der Waals surface area contributed by atoms with Crippen LogP contribution in [0.1, 0.15) is 51.2 Å². The zero-order valence-electron chi connectivity index (χ0n) is 12.0. The molecule has 0 aliphatic rings. The van der Waals surface area contributed by atoms with Crippen LogP contribution in [0.15, 0.2) is 5.38 Å². The van der Waals surface area contributed by atoms with E-state index in [1.165, 1.54) is 0 Å². The summed E-state index contributed by atoms with van der Waals surface area (Å²) in [5, 5.41) is 3.29. The van der Waals surface area contributed by atoms with Crippen molar-refractivity contribution in [2.75, 3.05) is 13.2 Å². The van der Waals surface area contributed by atoms with Crippen LogP contribution in [0.2, 0.25) is 0 Å². The second-order valence-electron chi connectivity index (χ2n) is 5.74. The van der Waals surface area contributed by atoms with Gasteiger partial charge < -0.3 is 10.5 Å². The lowest BCUT2D eigenvalue weighted by Gasteiger charge is -2.14. The van der Waals surface area contributed by atoms with Crippen LogP contribution in [-0.2, 0) is 16.6 Å². The topological polar surface area (TPSA) is 48.1 Å². The van der Waals surface area contributed by atoms with Gasteiger partial charge in [0.1, 0.15) is 0 Å². The van der Waals surface area contributed by atoms with E-state index in [1.54, 1.807) is 11.3 Å². The fourth-order valence-electron chi connectivity index (χ4n) is 1.56. The normalized spacial score (nSPS) is 13.8. The van der Waals surface area contributed by atoms with Crippen molar-refractivity contribution in [3.8, 4) is 0 Å². The molecule has 3 nitrogen and oxygen atoms in total. The Balaban J connectivity index is 2.35. The Kier molecular flexibility index (Phi) is 6.26. The molecule has 0 radical (unpaired) electrons. The molecule has 1 atom stereocenters. The van der Waals surface area contributed by atoms with Gasteiger partial charge in [-0.05, 0) is 12.8 Å². The molecule has 1 heterocycles. The summed E-state index contributed by atoms with van der Waals surface area (Å²) >= 11 is 1.72. The maximum Gasteiger partial charge on any atom is 0.0943 e. The monoisotopic (exact) mass is 270 g/mol. The Morgan fingerprint density at radius 1 is 1.39 bits per heavy atom. The molecule has 1 rings (SSSR count). The SMILES string of the molecule is CCCOCCC(N)Cc1nc(C(C)(C)C)cs1. The van der Waals surface area contributed by atoms with Gasteiger partial charge in [0.15, 0.2) is 0 Å². The zero-order valence-corrected chi connectivity index (χ0v) is 12.8. The Morgan fingerprint density at radius 2 is 2.11 bits per heavy atom. The van der Waals surface area contributed by atoms with Gasteiger partial charge in [0, 0.05) is 36.5 Å². The molecular formula is C14H26N2OS. The van der Waals surface area contributed by atoms with Gasteiger partial charge >= 0.3 is 0 Å². The van der Waals surface area contributed by atoms with Gasteiger partial charge in [-0.25, -0.2) is 4.98 Å². The van der Waals surface area contributed by atoms with Crippen LogP contribution in [0.4, 0.5) is 0 Å². The molecular weight excluding hydrogens is 244 g/mol. The van der Waals surface area contributed by atoms with Crippen LogP contribution in [-0.4, -0.2) is 24.2 Å². The third kappa shape index (κ3) is 5.46. The molecule has 0 aliphatic carbocycles. The second-order valence-corrected chi connectivity index (χ2v) is 6.68. The molecule has 0 aromatic carbocycles. The van der Waals surface area contributed by atoms with E-state index in [1.807, 2.05) is 0 Å². The first kappa shape index (κ1) is 15.6. The molecule has 0 spiro atoms. The highest BCUT2D eigenvalue weighted by Crippen LogP contribution is 2.24. The summed E-state index contributed by atoms with van der Waals surface area (Å²) in [4.78, 5) is 4.66. The summed E-state index contributed by atoms with van der Waals surface area (Å²) in [5.41, 5.74) is 7.38. The van der Waals surface area contributed by atoms with Gasteiger partial charge in [-0.2, -0.15) is 0 Å². The number of rotatable bonds is 7. The van der Waals surface area contributed by atoms with Gasteiger partial charge in [-0.3, -0.25) is 0 Å². The van der Waals surface area contributed by atoms with Gasteiger partial charge in [-0.1, -0.05) is 27.7 Å². The first-order valence-corrected chi connectivity index (χ1v) is 7.59. The summed E-state index contributed by atoms with van der Waals surface area (Å²) in [6, 6.07) is 0.154. The Labute approximate surface area is 115 Å². The average molecular weight is 270 g/mol. The lowest BCUT2D eigenvalue weighted by molar-refractivity contribution is 0.127. The first-order chi connectivity index (χ1) is 8.43. The predicted molar refractivity (Wildman–Crippen MR) is 78.2 cm³/mol. The van der Waals surface area contributed by atoms with E-state index in [4.69, 9.17) is 10.5 Å². The smallest absolute Gasteiger partial charge is 0.0943 e. The van der Waals surface area contributed by atoms with E-state index in [9.17, 15) is 0 Å². The minimum Gasteiger partial charge on any atom is -0.381 e. The fourth-order valence-corrected chi connectivity index (χ4v) is 2.67. The van der Waals surface area contributed by atoms with E-state index in [0.717, 1.165) is 43.2 Å². The summed E-state index contributed by atoms with van der Waals surface area (Å²) in [7, 11) is 0. The fraction of sp³-hybridized carbons (Fsp3) is 0.786. The predicted octanol–water partition coefficient (Wildman–Crippen LogP) is 3.13. The molecule has 0 amide bonds. The van der Waals surface area contributed by atoms with E-state index in [-0.39, 0.29) is 11.5 Å². The first-order valence-electron chi connectivity index (χ1n) is 6.71. The minimum absolute atomic E-state index is 0.128. The Hall–Kier alpha value is -0.450. The van der Waals surface area contributed by atoms with E-state index in [2.05, 4.69) is 38.1 Å². The second kappa shape index (κ2) is 7.22. The van der Waals surface area contributed by atoms with E-state index < -0.39 is 0 Å². The van der Waals surface area contributed by atoms with Crippen molar-refractivity contribution in [3.63, 3.8) is 0 Å². The molecule has 104 valence electrons. The molecule has 2 N–H and O–H groups in total. The molecule has 0 aliphatic heterocycles. The maximum atomic E-state index is 6.09. The highest BCUT2D eigenvalue weighted by atomic mass is 32.1. The maximum absolute atomic E-state index is 6.09. The molecule has 0 bridgehead atoms. The number of nitrogens with zero attached hydrogens (tertiary/aromatic N) is 1. The third-order valence-electron chi connectivity index (χ3n) is 2.74. The lowest BCUT2D eigenvalue weighted by Crippen LogP contribution is -2.25.